The molecule has 2 heterocycles. The fourth-order valence-corrected chi connectivity index (χ4v) is 2.85. The molecule has 0 fully saturated rings. The second-order valence-corrected chi connectivity index (χ2v) is 6.23. The average Bonchev–Trinajstić information content (AvgIpc) is 3.27. The molecular formula is C22H17N5O2. The van der Waals surface area contributed by atoms with E-state index in [0.717, 1.165) is 22.0 Å². The first-order valence-corrected chi connectivity index (χ1v) is 8.94. The molecule has 142 valence electrons. The molecule has 7 heteroatoms. The van der Waals surface area contributed by atoms with Crippen LogP contribution in [0.5, 0.6) is 0 Å². The average molecular weight is 383 g/mol. The lowest BCUT2D eigenvalue weighted by molar-refractivity contribution is -0.117. The van der Waals surface area contributed by atoms with Gasteiger partial charge in [-0.05, 0) is 18.2 Å². The van der Waals surface area contributed by atoms with Gasteiger partial charge in [-0.2, -0.15) is 5.10 Å². The summed E-state index contributed by atoms with van der Waals surface area (Å²) in [5, 5.41) is 7.77. The van der Waals surface area contributed by atoms with Gasteiger partial charge in [0.05, 0.1) is 11.2 Å². The van der Waals surface area contributed by atoms with E-state index in [0.29, 0.717) is 5.69 Å². The van der Waals surface area contributed by atoms with Gasteiger partial charge in [0, 0.05) is 28.8 Å². The Morgan fingerprint density at radius 3 is 2.62 bits per heavy atom. The minimum atomic E-state index is -0.492. The summed E-state index contributed by atoms with van der Waals surface area (Å²) in [5.74, 6) is -0.956. The molecule has 0 spiro atoms. The number of aromatic nitrogens is 3. The Balaban J connectivity index is 1.38. The Hall–Kier alpha value is -4.26. The van der Waals surface area contributed by atoms with Gasteiger partial charge < -0.3 is 0 Å². The van der Waals surface area contributed by atoms with E-state index < -0.39 is 11.8 Å². The first-order valence-electron chi connectivity index (χ1n) is 8.94. The van der Waals surface area contributed by atoms with Crippen molar-refractivity contribution in [1.29, 1.82) is 0 Å². The topological polar surface area (TPSA) is 99.8 Å². The fourth-order valence-electron chi connectivity index (χ4n) is 2.85. The monoisotopic (exact) mass is 383 g/mol. The molecule has 3 N–H and O–H groups in total. The smallest absolute Gasteiger partial charge is 0.272 e. The SMILES string of the molecule is O=C(/C=C/c1cccc2cccnc12)NNC(=O)c1cc(-c2ccccc2)n[nH]1. The molecule has 4 aromatic rings. The number of rotatable bonds is 4. The van der Waals surface area contributed by atoms with Crippen LogP contribution in [-0.2, 0) is 4.79 Å². The maximum atomic E-state index is 12.2. The number of pyridine rings is 1. The minimum absolute atomic E-state index is 0.242. The van der Waals surface area contributed by atoms with Crippen molar-refractivity contribution in [2.75, 3.05) is 0 Å². The second kappa shape index (κ2) is 8.18. The van der Waals surface area contributed by atoms with Crippen LogP contribution in [0, 0.1) is 0 Å². The van der Waals surface area contributed by atoms with Crippen molar-refractivity contribution >= 4 is 28.8 Å². The van der Waals surface area contributed by atoms with Gasteiger partial charge in [-0.1, -0.05) is 54.6 Å². The van der Waals surface area contributed by atoms with Crippen molar-refractivity contribution in [3.05, 3.63) is 90.3 Å². The summed E-state index contributed by atoms with van der Waals surface area (Å²) in [5.41, 5.74) is 8.10. The van der Waals surface area contributed by atoms with E-state index in [1.165, 1.54) is 6.08 Å². The highest BCUT2D eigenvalue weighted by Gasteiger charge is 2.11. The number of hydrazine groups is 1. The Kier molecular flexibility index (Phi) is 5.11. The summed E-state index contributed by atoms with van der Waals surface area (Å²) in [6, 6.07) is 20.6. The molecule has 0 saturated heterocycles. The van der Waals surface area contributed by atoms with Crippen molar-refractivity contribution in [3.8, 4) is 11.3 Å². The van der Waals surface area contributed by atoms with Gasteiger partial charge in [-0.15, -0.1) is 0 Å². The number of amides is 2. The quantitative estimate of drug-likeness (QED) is 0.372. The van der Waals surface area contributed by atoms with E-state index in [1.54, 1.807) is 18.3 Å². The van der Waals surface area contributed by atoms with Crippen LogP contribution in [0.4, 0.5) is 0 Å². The lowest BCUT2D eigenvalue weighted by Crippen LogP contribution is -2.40. The number of hydrogen-bond donors (Lipinski definition) is 3. The lowest BCUT2D eigenvalue weighted by Gasteiger charge is -2.03. The highest BCUT2D eigenvalue weighted by Crippen LogP contribution is 2.17. The van der Waals surface area contributed by atoms with E-state index in [2.05, 4.69) is 26.0 Å². The number of para-hydroxylation sites is 1. The molecule has 2 amide bonds. The maximum Gasteiger partial charge on any atom is 0.287 e. The van der Waals surface area contributed by atoms with E-state index in [9.17, 15) is 9.59 Å². The third-order valence-corrected chi connectivity index (χ3v) is 4.27. The number of fused-ring (bicyclic) bond motifs is 1. The van der Waals surface area contributed by atoms with E-state index in [1.807, 2.05) is 60.7 Å². The predicted octanol–water partition coefficient (Wildman–Crippen LogP) is 3.10. The van der Waals surface area contributed by atoms with Crippen LogP contribution in [0.3, 0.4) is 0 Å². The number of nitrogens with zero attached hydrogens (tertiary/aromatic N) is 2. The Morgan fingerprint density at radius 2 is 1.76 bits per heavy atom. The molecule has 0 saturated carbocycles. The maximum absolute atomic E-state index is 12.2. The van der Waals surface area contributed by atoms with Crippen LogP contribution >= 0.6 is 0 Å². The van der Waals surface area contributed by atoms with Gasteiger partial charge in [-0.3, -0.25) is 30.5 Å². The van der Waals surface area contributed by atoms with Crippen LogP contribution < -0.4 is 10.9 Å². The van der Waals surface area contributed by atoms with Gasteiger partial charge in [-0.25, -0.2) is 0 Å². The highest BCUT2D eigenvalue weighted by molar-refractivity contribution is 5.98. The van der Waals surface area contributed by atoms with Crippen LogP contribution in [0.15, 0.2) is 79.0 Å². The molecule has 2 aromatic heterocycles. The van der Waals surface area contributed by atoms with Gasteiger partial charge in [0.15, 0.2) is 0 Å². The number of carbonyl (C=O) groups is 2. The van der Waals surface area contributed by atoms with Gasteiger partial charge in [0.1, 0.15) is 5.69 Å². The molecule has 0 aliphatic rings. The van der Waals surface area contributed by atoms with Crippen LogP contribution in [-0.4, -0.2) is 27.0 Å². The van der Waals surface area contributed by atoms with Crippen molar-refractivity contribution in [2.24, 2.45) is 0 Å². The molecule has 29 heavy (non-hydrogen) atoms. The Bertz CT molecular complexity index is 1190. The fraction of sp³-hybridized carbons (Fsp3) is 0. The number of carbonyl (C=O) groups excluding carboxylic acids is 2. The first-order chi connectivity index (χ1) is 14.2. The van der Waals surface area contributed by atoms with Gasteiger partial charge in [0.2, 0.25) is 0 Å². The Morgan fingerprint density at radius 1 is 0.931 bits per heavy atom. The summed E-state index contributed by atoms with van der Waals surface area (Å²) < 4.78 is 0. The molecule has 0 aliphatic heterocycles. The molecule has 4 rings (SSSR count). The summed E-state index contributed by atoms with van der Waals surface area (Å²) in [6.07, 6.45) is 4.70. The van der Waals surface area contributed by atoms with Crippen molar-refractivity contribution < 1.29 is 9.59 Å². The minimum Gasteiger partial charge on any atom is -0.272 e. The number of nitrogens with one attached hydrogen (secondary N) is 3. The third kappa shape index (κ3) is 4.19. The zero-order valence-corrected chi connectivity index (χ0v) is 15.3. The van der Waals surface area contributed by atoms with E-state index >= 15 is 0 Å². The second-order valence-electron chi connectivity index (χ2n) is 6.23. The van der Waals surface area contributed by atoms with Gasteiger partial charge in [0.25, 0.3) is 11.8 Å². The standard InChI is InChI=1S/C22H17N5O2/c28-20(12-11-17-9-4-8-16-10-5-13-23-21(16)17)26-27-22(29)19-14-18(24-25-19)15-6-2-1-3-7-15/h1-14H,(H,24,25)(H,26,28)(H,27,29)/b12-11+. The molecule has 0 bridgehead atoms. The molecule has 0 aliphatic carbocycles. The molecule has 0 radical (unpaired) electrons. The lowest BCUT2D eigenvalue weighted by atomic mass is 10.1. The van der Waals surface area contributed by atoms with Crippen LogP contribution in [0.25, 0.3) is 28.2 Å². The molecule has 7 nitrogen and oxygen atoms in total. The molecule has 2 aromatic carbocycles. The van der Waals surface area contributed by atoms with Crippen molar-refractivity contribution in [1.82, 2.24) is 26.0 Å². The van der Waals surface area contributed by atoms with E-state index in [-0.39, 0.29) is 5.69 Å². The number of aromatic amines is 1. The van der Waals surface area contributed by atoms with Crippen molar-refractivity contribution in [2.45, 2.75) is 0 Å². The highest BCUT2D eigenvalue weighted by atomic mass is 16.2. The zero-order chi connectivity index (χ0) is 20.1. The Labute approximate surface area is 166 Å². The molecular weight excluding hydrogens is 366 g/mol. The van der Waals surface area contributed by atoms with Crippen LogP contribution in [0.2, 0.25) is 0 Å². The molecule has 0 unspecified atom stereocenters. The normalized spacial score (nSPS) is 10.9. The third-order valence-electron chi connectivity index (χ3n) is 4.27. The first kappa shape index (κ1) is 18.1. The summed E-state index contributed by atoms with van der Waals surface area (Å²) in [4.78, 5) is 28.6. The zero-order valence-electron chi connectivity index (χ0n) is 15.3. The number of benzene rings is 2. The van der Waals surface area contributed by atoms with Crippen LogP contribution in [0.1, 0.15) is 16.1 Å². The molecule has 0 atom stereocenters. The number of hydrogen-bond acceptors (Lipinski definition) is 4. The van der Waals surface area contributed by atoms with E-state index in [4.69, 9.17) is 0 Å². The largest absolute Gasteiger partial charge is 0.287 e. The number of H-pyrrole nitrogens is 1. The van der Waals surface area contributed by atoms with Crippen molar-refractivity contribution in [3.63, 3.8) is 0 Å². The summed E-state index contributed by atoms with van der Waals surface area (Å²) >= 11 is 0. The predicted molar refractivity (Wildman–Crippen MR) is 110 cm³/mol. The summed E-state index contributed by atoms with van der Waals surface area (Å²) in [6.45, 7) is 0. The summed E-state index contributed by atoms with van der Waals surface area (Å²) in [7, 11) is 0. The van der Waals surface area contributed by atoms with Gasteiger partial charge >= 0.3 is 0 Å².